The molecule has 2 aromatic rings. The lowest BCUT2D eigenvalue weighted by atomic mass is 10.3. The predicted molar refractivity (Wildman–Crippen MR) is 82.3 cm³/mol. The topological polar surface area (TPSA) is 35.0 Å². The Labute approximate surface area is 132 Å². The van der Waals surface area contributed by atoms with Crippen molar-refractivity contribution >= 4 is 34.8 Å². The molecule has 0 unspecified atom stereocenters. The molecule has 0 aliphatic rings. The van der Waals surface area contributed by atoms with Crippen LogP contribution < -0.4 is 4.74 Å². The van der Waals surface area contributed by atoms with Gasteiger partial charge >= 0.3 is 0 Å². The zero-order chi connectivity index (χ0) is 14.7. The summed E-state index contributed by atoms with van der Waals surface area (Å²) in [5, 5.41) is 1.38. The van der Waals surface area contributed by atoms with Crippen LogP contribution in [-0.2, 0) is 6.42 Å². The highest BCUT2D eigenvalue weighted by atomic mass is 35.5. The number of benzene rings is 1. The Morgan fingerprint density at radius 3 is 2.60 bits per heavy atom. The van der Waals surface area contributed by atoms with Crippen LogP contribution in [0.2, 0.25) is 15.2 Å². The van der Waals surface area contributed by atoms with Crippen molar-refractivity contribution in [2.24, 2.45) is 0 Å². The van der Waals surface area contributed by atoms with Gasteiger partial charge in [-0.05, 0) is 25.5 Å². The first-order chi connectivity index (χ1) is 9.51. The second kappa shape index (κ2) is 6.61. The van der Waals surface area contributed by atoms with Gasteiger partial charge in [-0.15, -0.1) is 0 Å². The van der Waals surface area contributed by atoms with Crippen molar-refractivity contribution < 1.29 is 4.74 Å². The van der Waals surface area contributed by atoms with E-state index in [1.54, 1.807) is 25.1 Å². The maximum absolute atomic E-state index is 6.10. The van der Waals surface area contributed by atoms with Crippen molar-refractivity contribution in [3.63, 3.8) is 0 Å². The number of halogens is 3. The molecule has 0 spiro atoms. The molecule has 6 heteroatoms. The molecule has 20 heavy (non-hydrogen) atoms. The second-order valence-electron chi connectivity index (χ2n) is 4.29. The fraction of sp³-hybridized carbons (Fsp3) is 0.286. The van der Waals surface area contributed by atoms with Crippen molar-refractivity contribution in [1.29, 1.82) is 0 Å². The Kier molecular flexibility index (Phi) is 5.08. The van der Waals surface area contributed by atoms with Crippen LogP contribution in [0, 0.1) is 6.92 Å². The number of ether oxygens (including phenoxy) is 1. The average Bonchev–Trinajstić information content (AvgIpc) is 2.40. The van der Waals surface area contributed by atoms with Gasteiger partial charge in [-0.25, -0.2) is 4.98 Å². The minimum Gasteiger partial charge on any atom is -0.437 e. The molecule has 0 radical (unpaired) electrons. The van der Waals surface area contributed by atoms with Crippen LogP contribution in [0.1, 0.15) is 24.7 Å². The molecule has 0 aliphatic carbocycles. The molecule has 1 aromatic heterocycles. The second-order valence-corrected chi connectivity index (χ2v) is 5.49. The molecule has 0 N–H and O–H groups in total. The highest BCUT2D eigenvalue weighted by molar-refractivity contribution is 6.34. The Hall–Kier alpha value is -1.03. The van der Waals surface area contributed by atoms with Gasteiger partial charge in [0.2, 0.25) is 5.88 Å². The monoisotopic (exact) mass is 330 g/mol. The van der Waals surface area contributed by atoms with E-state index in [0.29, 0.717) is 38.2 Å². The summed E-state index contributed by atoms with van der Waals surface area (Å²) >= 11 is 18.1. The minimum absolute atomic E-state index is 0.386. The lowest BCUT2D eigenvalue weighted by Gasteiger charge is -2.11. The fourth-order valence-electron chi connectivity index (χ4n) is 1.61. The molecule has 0 atom stereocenters. The molecule has 0 aliphatic heterocycles. The normalized spacial score (nSPS) is 10.7. The van der Waals surface area contributed by atoms with E-state index in [4.69, 9.17) is 39.5 Å². The number of aromatic nitrogens is 2. The van der Waals surface area contributed by atoms with E-state index < -0.39 is 0 Å². The molecule has 2 rings (SSSR count). The van der Waals surface area contributed by atoms with Gasteiger partial charge in [-0.3, -0.25) is 0 Å². The summed E-state index contributed by atoms with van der Waals surface area (Å²) < 4.78 is 5.74. The predicted octanol–water partition coefficient (Wildman–Crippen LogP) is 5.49. The average molecular weight is 332 g/mol. The van der Waals surface area contributed by atoms with E-state index in [0.717, 1.165) is 12.8 Å². The highest BCUT2D eigenvalue weighted by Gasteiger charge is 2.13. The van der Waals surface area contributed by atoms with E-state index in [2.05, 4.69) is 9.97 Å². The first-order valence-corrected chi connectivity index (χ1v) is 7.30. The quantitative estimate of drug-likeness (QED) is 0.695. The summed E-state index contributed by atoms with van der Waals surface area (Å²) in [4.78, 5) is 8.59. The summed E-state index contributed by atoms with van der Waals surface area (Å²) in [6.07, 6.45) is 1.66. The molecule has 3 nitrogen and oxygen atoms in total. The van der Waals surface area contributed by atoms with Crippen molar-refractivity contribution in [3.8, 4) is 11.6 Å². The molecule has 1 heterocycles. The number of rotatable bonds is 4. The molecule has 0 bridgehead atoms. The summed E-state index contributed by atoms with van der Waals surface area (Å²) in [6, 6.07) is 5.00. The SMILES string of the molecule is CCCc1nc(Cl)c(C)c(Oc2cc(Cl)ccc2Cl)n1. The van der Waals surface area contributed by atoms with Gasteiger partial charge in [0.15, 0.2) is 0 Å². The molecule has 1 aromatic carbocycles. The van der Waals surface area contributed by atoms with Gasteiger partial charge in [0.1, 0.15) is 16.7 Å². The van der Waals surface area contributed by atoms with E-state index >= 15 is 0 Å². The van der Waals surface area contributed by atoms with Crippen LogP contribution in [0.5, 0.6) is 11.6 Å². The van der Waals surface area contributed by atoms with Crippen LogP contribution in [0.15, 0.2) is 18.2 Å². The molecule has 0 fully saturated rings. The van der Waals surface area contributed by atoms with Crippen molar-refractivity contribution in [1.82, 2.24) is 9.97 Å². The van der Waals surface area contributed by atoms with Crippen molar-refractivity contribution in [2.45, 2.75) is 26.7 Å². The van der Waals surface area contributed by atoms with E-state index in [9.17, 15) is 0 Å². The largest absolute Gasteiger partial charge is 0.437 e. The molecular formula is C14H13Cl3N2O. The van der Waals surface area contributed by atoms with E-state index in [1.807, 2.05) is 6.92 Å². The summed E-state index contributed by atoms with van der Waals surface area (Å²) in [7, 11) is 0. The number of hydrogen-bond acceptors (Lipinski definition) is 3. The number of nitrogens with zero attached hydrogens (tertiary/aromatic N) is 2. The van der Waals surface area contributed by atoms with Gasteiger partial charge in [-0.1, -0.05) is 41.7 Å². The summed E-state index contributed by atoms with van der Waals surface area (Å²) in [6.45, 7) is 3.84. The standard InChI is InChI=1S/C14H13Cl3N2O/c1-3-4-12-18-13(17)8(2)14(19-12)20-11-7-9(15)5-6-10(11)16/h5-7H,3-4H2,1-2H3. The van der Waals surface area contributed by atoms with Crippen LogP contribution in [-0.4, -0.2) is 9.97 Å². The Bertz CT molecular complexity index is 632. The summed E-state index contributed by atoms with van der Waals surface area (Å²) in [5.41, 5.74) is 0.669. The fourth-order valence-corrected chi connectivity index (χ4v) is 2.10. The van der Waals surface area contributed by atoms with Crippen LogP contribution in [0.3, 0.4) is 0 Å². The minimum atomic E-state index is 0.386. The molecule has 0 amide bonds. The van der Waals surface area contributed by atoms with Gasteiger partial charge < -0.3 is 4.74 Å². The van der Waals surface area contributed by atoms with E-state index in [1.165, 1.54) is 0 Å². The molecular weight excluding hydrogens is 319 g/mol. The van der Waals surface area contributed by atoms with Crippen LogP contribution in [0.4, 0.5) is 0 Å². The molecule has 0 saturated carbocycles. The third-order valence-corrected chi connectivity index (χ3v) is 3.58. The Morgan fingerprint density at radius 1 is 1.15 bits per heavy atom. The maximum atomic E-state index is 6.10. The van der Waals surface area contributed by atoms with Crippen molar-refractivity contribution in [2.75, 3.05) is 0 Å². The van der Waals surface area contributed by atoms with Gasteiger partial charge in [0.25, 0.3) is 0 Å². The molecule has 0 saturated heterocycles. The van der Waals surface area contributed by atoms with Gasteiger partial charge in [0, 0.05) is 23.1 Å². The Morgan fingerprint density at radius 2 is 1.90 bits per heavy atom. The zero-order valence-corrected chi connectivity index (χ0v) is 13.4. The van der Waals surface area contributed by atoms with Crippen molar-refractivity contribution in [3.05, 3.63) is 44.8 Å². The third kappa shape index (κ3) is 3.54. The van der Waals surface area contributed by atoms with Gasteiger partial charge in [-0.2, -0.15) is 4.98 Å². The summed E-state index contributed by atoms with van der Waals surface area (Å²) in [5.74, 6) is 1.49. The lowest BCUT2D eigenvalue weighted by molar-refractivity contribution is 0.454. The lowest BCUT2D eigenvalue weighted by Crippen LogP contribution is -2.01. The van der Waals surface area contributed by atoms with Crippen LogP contribution in [0.25, 0.3) is 0 Å². The van der Waals surface area contributed by atoms with Gasteiger partial charge in [0.05, 0.1) is 5.02 Å². The highest BCUT2D eigenvalue weighted by Crippen LogP contribution is 2.33. The first kappa shape index (κ1) is 15.4. The maximum Gasteiger partial charge on any atom is 0.227 e. The first-order valence-electron chi connectivity index (χ1n) is 6.17. The number of aryl methyl sites for hydroxylation is 1. The zero-order valence-electron chi connectivity index (χ0n) is 11.1. The third-order valence-electron chi connectivity index (χ3n) is 2.66. The Balaban J connectivity index is 2.39. The smallest absolute Gasteiger partial charge is 0.227 e. The number of hydrogen-bond donors (Lipinski definition) is 0. The molecule has 106 valence electrons. The van der Waals surface area contributed by atoms with E-state index in [-0.39, 0.29) is 0 Å². The van der Waals surface area contributed by atoms with Crippen LogP contribution >= 0.6 is 34.8 Å².